The van der Waals surface area contributed by atoms with E-state index < -0.39 is 6.04 Å². The van der Waals surface area contributed by atoms with Crippen molar-refractivity contribution in [1.82, 2.24) is 0 Å². The average molecular weight is 439 g/mol. The van der Waals surface area contributed by atoms with Crippen molar-refractivity contribution < 1.29 is 9.59 Å². The number of likely N-dealkylation sites (N-methyl/N-ethyl adjacent to an activating group) is 1. The molecule has 2 amide bonds. The number of hydrogen-bond acceptors (Lipinski definition) is 4. The van der Waals surface area contributed by atoms with Gasteiger partial charge in [0.15, 0.2) is 0 Å². The second kappa shape index (κ2) is 10.0. The van der Waals surface area contributed by atoms with E-state index in [0.29, 0.717) is 17.7 Å². The molecule has 3 aromatic rings. The number of anilines is 3. The van der Waals surface area contributed by atoms with Gasteiger partial charge < -0.3 is 15.1 Å². The smallest absolute Gasteiger partial charge is 0.253 e. The zero-order chi connectivity index (χ0) is 23.2. The molecule has 1 atom stereocenters. The molecule has 0 aliphatic carbocycles. The fourth-order valence-corrected chi connectivity index (χ4v) is 4.03. The van der Waals surface area contributed by atoms with Gasteiger partial charge in [-0.25, -0.2) is 0 Å². The quantitative estimate of drug-likeness (QED) is 0.594. The maximum absolute atomic E-state index is 13.6. The van der Waals surface area contributed by atoms with Crippen molar-refractivity contribution in [2.24, 2.45) is 0 Å². The predicted molar refractivity (Wildman–Crippen MR) is 130 cm³/mol. The highest BCUT2D eigenvalue weighted by atomic mass is 16.2. The van der Waals surface area contributed by atoms with Crippen molar-refractivity contribution in [3.63, 3.8) is 0 Å². The van der Waals surface area contributed by atoms with Gasteiger partial charge in [-0.3, -0.25) is 9.59 Å². The maximum Gasteiger partial charge on any atom is 0.253 e. The second-order valence-corrected chi connectivity index (χ2v) is 8.10. The molecule has 0 bridgehead atoms. The van der Waals surface area contributed by atoms with Gasteiger partial charge in [0.05, 0.1) is 11.6 Å². The minimum absolute atomic E-state index is 0.134. The van der Waals surface area contributed by atoms with Gasteiger partial charge in [0.1, 0.15) is 6.04 Å². The van der Waals surface area contributed by atoms with Gasteiger partial charge in [0.2, 0.25) is 5.91 Å². The normalized spacial score (nSPS) is 14.3. The summed E-state index contributed by atoms with van der Waals surface area (Å²) in [5.74, 6) is 0.0109. The summed E-state index contributed by atoms with van der Waals surface area (Å²) in [7, 11) is 1.74. The largest absolute Gasteiger partial charge is 0.370 e. The van der Waals surface area contributed by atoms with E-state index in [1.165, 1.54) is 0 Å². The van der Waals surface area contributed by atoms with Crippen LogP contribution in [0.3, 0.4) is 0 Å². The van der Waals surface area contributed by atoms with Crippen LogP contribution in [-0.4, -0.2) is 25.4 Å². The van der Waals surface area contributed by atoms with E-state index in [4.69, 9.17) is 0 Å². The summed E-state index contributed by atoms with van der Waals surface area (Å²) >= 11 is 0. The van der Waals surface area contributed by atoms with Crippen LogP contribution < -0.4 is 15.1 Å². The lowest BCUT2D eigenvalue weighted by atomic mass is 10.0. The standard InChI is InChI=1S/C27H26N4O2/c1-30(23-13-15-24(16-14-23)31-17-6-5-12-25(31)32)27(33)26(21-9-3-2-4-10-21)29-22-11-7-8-20(18-22)19-28/h2-4,7-11,13-16,18,26,29H,5-6,12,17H2,1H3. The average Bonchev–Trinajstić information content (AvgIpc) is 2.87. The Morgan fingerprint density at radius 3 is 2.48 bits per heavy atom. The first-order chi connectivity index (χ1) is 16.1. The third-order valence-corrected chi connectivity index (χ3v) is 5.89. The van der Waals surface area contributed by atoms with Gasteiger partial charge >= 0.3 is 0 Å². The van der Waals surface area contributed by atoms with Crippen LogP contribution in [0.1, 0.15) is 36.4 Å². The molecular formula is C27H26N4O2. The molecular weight excluding hydrogens is 412 g/mol. The Balaban J connectivity index is 1.57. The van der Waals surface area contributed by atoms with Gasteiger partial charge in [-0.05, 0) is 60.9 Å². The fraction of sp³-hybridized carbons (Fsp3) is 0.222. The summed E-state index contributed by atoms with van der Waals surface area (Å²) in [6, 6.07) is 25.6. The Labute approximate surface area is 194 Å². The van der Waals surface area contributed by atoms with Crippen LogP contribution in [0.2, 0.25) is 0 Å². The molecule has 33 heavy (non-hydrogen) atoms. The first kappa shape index (κ1) is 22.1. The number of amides is 2. The molecule has 1 aliphatic rings. The summed E-state index contributed by atoms with van der Waals surface area (Å²) in [5, 5.41) is 12.5. The molecule has 0 aromatic heterocycles. The van der Waals surface area contributed by atoms with Crippen LogP contribution in [0, 0.1) is 11.3 Å². The highest BCUT2D eigenvalue weighted by molar-refractivity contribution is 5.99. The molecule has 3 aromatic carbocycles. The van der Waals surface area contributed by atoms with Crippen molar-refractivity contribution in [1.29, 1.82) is 5.26 Å². The topological polar surface area (TPSA) is 76.4 Å². The van der Waals surface area contributed by atoms with Crippen LogP contribution in [0.5, 0.6) is 0 Å². The van der Waals surface area contributed by atoms with Gasteiger partial charge in [0, 0.05) is 37.1 Å². The SMILES string of the molecule is CN(C(=O)C(Nc1cccc(C#N)c1)c1ccccc1)c1ccc(N2CCCCC2=O)cc1. The Hall–Kier alpha value is -4.11. The molecule has 6 heteroatoms. The van der Waals surface area contributed by atoms with E-state index in [0.717, 1.165) is 36.3 Å². The number of hydrogen-bond donors (Lipinski definition) is 1. The van der Waals surface area contributed by atoms with Crippen LogP contribution in [0.25, 0.3) is 0 Å². The number of carbonyl (C=O) groups excluding carboxylic acids is 2. The number of benzene rings is 3. The molecule has 1 unspecified atom stereocenters. The van der Waals surface area contributed by atoms with Crippen molar-refractivity contribution in [2.75, 3.05) is 28.7 Å². The minimum Gasteiger partial charge on any atom is -0.370 e. The number of rotatable bonds is 6. The molecule has 0 spiro atoms. The predicted octanol–water partition coefficient (Wildman–Crippen LogP) is 4.89. The van der Waals surface area contributed by atoms with Gasteiger partial charge in [-0.15, -0.1) is 0 Å². The third-order valence-electron chi connectivity index (χ3n) is 5.89. The number of nitrogens with one attached hydrogen (secondary N) is 1. The molecule has 1 N–H and O–H groups in total. The Bertz CT molecular complexity index is 1170. The molecule has 166 valence electrons. The van der Waals surface area contributed by atoms with Crippen LogP contribution in [0.4, 0.5) is 17.1 Å². The maximum atomic E-state index is 13.6. The highest BCUT2D eigenvalue weighted by Crippen LogP contribution is 2.27. The molecule has 4 rings (SSSR count). The molecule has 1 aliphatic heterocycles. The minimum atomic E-state index is -0.631. The van der Waals surface area contributed by atoms with E-state index in [1.54, 1.807) is 30.1 Å². The molecule has 6 nitrogen and oxygen atoms in total. The zero-order valence-corrected chi connectivity index (χ0v) is 18.6. The summed E-state index contributed by atoms with van der Waals surface area (Å²) < 4.78 is 0. The zero-order valence-electron chi connectivity index (χ0n) is 18.6. The summed E-state index contributed by atoms with van der Waals surface area (Å²) in [6.45, 7) is 0.731. The summed E-state index contributed by atoms with van der Waals surface area (Å²) in [4.78, 5) is 29.2. The van der Waals surface area contributed by atoms with E-state index in [1.807, 2.05) is 65.6 Å². The number of piperidine rings is 1. The number of nitriles is 1. The van der Waals surface area contributed by atoms with Crippen molar-refractivity contribution in [3.8, 4) is 6.07 Å². The first-order valence-electron chi connectivity index (χ1n) is 11.1. The van der Waals surface area contributed by atoms with E-state index in [9.17, 15) is 14.9 Å². The van der Waals surface area contributed by atoms with E-state index in [2.05, 4.69) is 11.4 Å². The van der Waals surface area contributed by atoms with Crippen LogP contribution in [0.15, 0.2) is 78.9 Å². The van der Waals surface area contributed by atoms with Crippen molar-refractivity contribution in [3.05, 3.63) is 90.0 Å². The lowest BCUT2D eigenvalue weighted by Gasteiger charge is -2.28. The summed E-state index contributed by atoms with van der Waals surface area (Å²) in [5.41, 5.74) is 3.64. The molecule has 0 radical (unpaired) electrons. The number of nitrogens with zero attached hydrogens (tertiary/aromatic N) is 3. The van der Waals surface area contributed by atoms with Crippen molar-refractivity contribution in [2.45, 2.75) is 25.3 Å². The van der Waals surface area contributed by atoms with Gasteiger partial charge in [-0.1, -0.05) is 36.4 Å². The molecule has 1 heterocycles. The third kappa shape index (κ3) is 5.04. The number of carbonyl (C=O) groups is 2. The monoisotopic (exact) mass is 438 g/mol. The van der Waals surface area contributed by atoms with Crippen LogP contribution in [-0.2, 0) is 9.59 Å². The van der Waals surface area contributed by atoms with Gasteiger partial charge in [0.25, 0.3) is 5.91 Å². The van der Waals surface area contributed by atoms with E-state index in [-0.39, 0.29) is 11.8 Å². The highest BCUT2D eigenvalue weighted by Gasteiger charge is 2.25. The Kier molecular flexibility index (Phi) is 6.70. The Morgan fingerprint density at radius 2 is 1.79 bits per heavy atom. The molecule has 1 fully saturated rings. The first-order valence-corrected chi connectivity index (χ1v) is 11.1. The van der Waals surface area contributed by atoms with Crippen molar-refractivity contribution >= 4 is 28.9 Å². The molecule has 0 saturated carbocycles. The lowest BCUT2D eigenvalue weighted by Crippen LogP contribution is -2.36. The second-order valence-electron chi connectivity index (χ2n) is 8.10. The summed E-state index contributed by atoms with van der Waals surface area (Å²) in [6.07, 6.45) is 2.52. The Morgan fingerprint density at radius 1 is 1.03 bits per heavy atom. The fourth-order valence-electron chi connectivity index (χ4n) is 4.03. The van der Waals surface area contributed by atoms with E-state index >= 15 is 0 Å². The molecule has 1 saturated heterocycles. The lowest BCUT2D eigenvalue weighted by molar-refractivity contribution is -0.120. The van der Waals surface area contributed by atoms with Crippen LogP contribution >= 0.6 is 0 Å². The van der Waals surface area contributed by atoms with Gasteiger partial charge in [-0.2, -0.15) is 5.26 Å².